The van der Waals surface area contributed by atoms with Crippen LogP contribution in [0.1, 0.15) is 31.7 Å². The fourth-order valence-electron chi connectivity index (χ4n) is 2.63. The lowest BCUT2D eigenvalue weighted by Crippen LogP contribution is -2.48. The number of hydrogen-bond donors (Lipinski definition) is 2. The number of aliphatic hydroxyl groups is 1. The maximum absolute atomic E-state index is 12.0. The second-order valence-electron chi connectivity index (χ2n) is 5.68. The molecule has 0 spiro atoms. The molecule has 2 N–H and O–H groups in total. The van der Waals surface area contributed by atoms with Crippen molar-refractivity contribution in [1.29, 1.82) is 0 Å². The molecule has 0 unspecified atom stereocenters. The summed E-state index contributed by atoms with van der Waals surface area (Å²) in [4.78, 5) is 19.0. The summed E-state index contributed by atoms with van der Waals surface area (Å²) in [5.41, 5.74) is 3.49. The number of aliphatic hydroxyl groups excluding tert-OH is 1. The van der Waals surface area contributed by atoms with Gasteiger partial charge < -0.3 is 10.0 Å². The highest BCUT2D eigenvalue weighted by Gasteiger charge is 2.33. The number of hydrogen-bond acceptors (Lipinski definition) is 3. The van der Waals surface area contributed by atoms with Crippen LogP contribution in [0.2, 0.25) is 0 Å². The van der Waals surface area contributed by atoms with Gasteiger partial charge in [0.05, 0.1) is 6.61 Å². The van der Waals surface area contributed by atoms with Crippen molar-refractivity contribution >= 4 is 6.03 Å². The predicted octanol–water partition coefficient (Wildman–Crippen LogP) is 2.31. The van der Waals surface area contributed by atoms with E-state index >= 15 is 0 Å². The van der Waals surface area contributed by atoms with Crippen LogP contribution in [0.3, 0.4) is 0 Å². The molecular formula is C16H24N2O3. The van der Waals surface area contributed by atoms with Crippen LogP contribution in [-0.4, -0.2) is 35.7 Å². The van der Waals surface area contributed by atoms with Crippen LogP contribution in [0.25, 0.3) is 0 Å². The van der Waals surface area contributed by atoms with Crippen LogP contribution in [0, 0.1) is 5.41 Å². The molecule has 1 aliphatic rings. The maximum Gasteiger partial charge on any atom is 0.341 e. The lowest BCUT2D eigenvalue weighted by Gasteiger charge is -2.39. The summed E-state index contributed by atoms with van der Waals surface area (Å²) < 4.78 is 0. The summed E-state index contributed by atoms with van der Waals surface area (Å²) in [6, 6.07) is 9.51. The highest BCUT2D eigenvalue weighted by Crippen LogP contribution is 2.34. The van der Waals surface area contributed by atoms with Gasteiger partial charge in [0, 0.05) is 19.7 Å². The fraction of sp³-hybridized carbons (Fsp3) is 0.562. The smallest absolute Gasteiger partial charge is 0.341 e. The standard InChI is InChI=1S/C16H24N2O3/c1-2-16(13-19)8-10-18(11-9-16)15(20)17-21-12-14-6-4-3-5-7-14/h3-7,19H,2,8-13H2,1H3,(H,17,20). The fourth-order valence-corrected chi connectivity index (χ4v) is 2.63. The van der Waals surface area contributed by atoms with Gasteiger partial charge in [-0.05, 0) is 30.2 Å². The summed E-state index contributed by atoms with van der Waals surface area (Å²) in [5.74, 6) is 0. The Labute approximate surface area is 125 Å². The van der Waals surface area contributed by atoms with Crippen molar-refractivity contribution in [3.63, 3.8) is 0 Å². The number of carbonyl (C=O) groups excluding carboxylic acids is 1. The van der Waals surface area contributed by atoms with E-state index in [1.807, 2.05) is 30.3 Å². The Morgan fingerprint density at radius 1 is 1.33 bits per heavy atom. The first-order chi connectivity index (χ1) is 10.2. The second kappa shape index (κ2) is 7.43. The van der Waals surface area contributed by atoms with Crippen molar-refractivity contribution in [1.82, 2.24) is 10.4 Å². The molecule has 21 heavy (non-hydrogen) atoms. The number of benzene rings is 1. The van der Waals surface area contributed by atoms with Crippen molar-refractivity contribution < 1.29 is 14.7 Å². The van der Waals surface area contributed by atoms with Gasteiger partial charge in [0.15, 0.2) is 0 Å². The third-order valence-electron chi connectivity index (χ3n) is 4.44. The van der Waals surface area contributed by atoms with Gasteiger partial charge in [0.2, 0.25) is 0 Å². The lowest BCUT2D eigenvalue weighted by molar-refractivity contribution is 0.0166. The minimum atomic E-state index is -0.200. The molecule has 0 radical (unpaired) electrons. The van der Waals surface area contributed by atoms with Gasteiger partial charge in [0.1, 0.15) is 0 Å². The summed E-state index contributed by atoms with van der Waals surface area (Å²) in [5, 5.41) is 9.49. The largest absolute Gasteiger partial charge is 0.396 e. The Morgan fingerprint density at radius 2 is 2.00 bits per heavy atom. The van der Waals surface area contributed by atoms with Crippen LogP contribution >= 0.6 is 0 Å². The Balaban J connectivity index is 1.73. The number of piperidine rings is 1. The predicted molar refractivity (Wildman–Crippen MR) is 80.4 cm³/mol. The SMILES string of the molecule is CCC1(CO)CCN(C(=O)NOCc2ccccc2)CC1. The highest BCUT2D eigenvalue weighted by molar-refractivity contribution is 5.73. The molecule has 116 valence electrons. The zero-order valence-electron chi connectivity index (χ0n) is 12.5. The van der Waals surface area contributed by atoms with Crippen molar-refractivity contribution in [2.24, 2.45) is 5.41 Å². The van der Waals surface area contributed by atoms with Crippen molar-refractivity contribution in [3.05, 3.63) is 35.9 Å². The Hall–Kier alpha value is -1.59. The van der Waals surface area contributed by atoms with E-state index in [-0.39, 0.29) is 18.1 Å². The minimum Gasteiger partial charge on any atom is -0.396 e. The normalized spacial score (nSPS) is 17.5. The molecule has 1 heterocycles. The van der Waals surface area contributed by atoms with Crippen molar-refractivity contribution in [2.75, 3.05) is 19.7 Å². The van der Waals surface area contributed by atoms with E-state index in [0.717, 1.165) is 24.8 Å². The van der Waals surface area contributed by atoms with Gasteiger partial charge in [-0.15, -0.1) is 0 Å². The molecule has 2 amide bonds. The molecule has 1 aliphatic heterocycles. The van der Waals surface area contributed by atoms with E-state index in [1.54, 1.807) is 4.90 Å². The van der Waals surface area contributed by atoms with Gasteiger partial charge in [0.25, 0.3) is 0 Å². The van der Waals surface area contributed by atoms with Crippen LogP contribution in [0.15, 0.2) is 30.3 Å². The van der Waals surface area contributed by atoms with Crippen molar-refractivity contribution in [3.8, 4) is 0 Å². The molecule has 1 fully saturated rings. The van der Waals surface area contributed by atoms with Gasteiger partial charge in [-0.1, -0.05) is 37.3 Å². The van der Waals surface area contributed by atoms with E-state index in [1.165, 1.54) is 0 Å². The van der Waals surface area contributed by atoms with E-state index in [4.69, 9.17) is 4.84 Å². The third-order valence-corrected chi connectivity index (χ3v) is 4.44. The zero-order valence-corrected chi connectivity index (χ0v) is 12.5. The molecule has 0 bridgehead atoms. The molecule has 0 saturated carbocycles. The summed E-state index contributed by atoms with van der Waals surface area (Å²) in [6.07, 6.45) is 2.63. The van der Waals surface area contributed by atoms with Gasteiger partial charge in [-0.25, -0.2) is 10.3 Å². The Morgan fingerprint density at radius 3 is 2.57 bits per heavy atom. The Kier molecular flexibility index (Phi) is 5.59. The average molecular weight is 292 g/mol. The quantitative estimate of drug-likeness (QED) is 0.819. The number of urea groups is 1. The van der Waals surface area contributed by atoms with Gasteiger partial charge >= 0.3 is 6.03 Å². The number of amides is 2. The lowest BCUT2D eigenvalue weighted by atomic mass is 9.77. The van der Waals surface area contributed by atoms with Crippen molar-refractivity contribution in [2.45, 2.75) is 32.8 Å². The number of nitrogens with zero attached hydrogens (tertiary/aromatic N) is 1. The first kappa shape index (κ1) is 15.8. The molecule has 1 aromatic rings. The number of hydroxylamine groups is 1. The van der Waals surface area contributed by atoms with E-state index in [2.05, 4.69) is 12.4 Å². The average Bonchev–Trinajstić information content (AvgIpc) is 2.56. The molecule has 2 rings (SSSR count). The summed E-state index contributed by atoms with van der Waals surface area (Å²) >= 11 is 0. The molecule has 0 atom stereocenters. The molecule has 5 nitrogen and oxygen atoms in total. The number of likely N-dealkylation sites (tertiary alicyclic amines) is 1. The molecule has 0 aliphatic carbocycles. The van der Waals surface area contributed by atoms with E-state index in [0.29, 0.717) is 19.7 Å². The molecule has 0 aromatic heterocycles. The van der Waals surface area contributed by atoms with Crippen LogP contribution in [0.4, 0.5) is 4.79 Å². The maximum atomic E-state index is 12.0. The number of carbonyl (C=O) groups is 1. The van der Waals surface area contributed by atoms with Gasteiger partial charge in [-0.3, -0.25) is 4.84 Å². The van der Waals surface area contributed by atoms with E-state index < -0.39 is 0 Å². The molecule has 1 saturated heterocycles. The molecular weight excluding hydrogens is 268 g/mol. The summed E-state index contributed by atoms with van der Waals surface area (Å²) in [7, 11) is 0. The van der Waals surface area contributed by atoms with Crippen LogP contribution in [0.5, 0.6) is 0 Å². The molecule has 1 aromatic carbocycles. The van der Waals surface area contributed by atoms with Gasteiger partial charge in [-0.2, -0.15) is 0 Å². The zero-order chi connectivity index (χ0) is 15.1. The summed E-state index contributed by atoms with van der Waals surface area (Å²) in [6.45, 7) is 3.97. The number of nitrogens with one attached hydrogen (secondary N) is 1. The molecule has 5 heteroatoms. The topological polar surface area (TPSA) is 61.8 Å². The first-order valence-corrected chi connectivity index (χ1v) is 7.50. The van der Waals surface area contributed by atoms with E-state index in [9.17, 15) is 9.90 Å². The highest BCUT2D eigenvalue weighted by atomic mass is 16.7. The monoisotopic (exact) mass is 292 g/mol. The third kappa shape index (κ3) is 4.19. The Bertz CT molecular complexity index is 436. The number of rotatable bonds is 5. The van der Waals surface area contributed by atoms with Crippen LogP contribution < -0.4 is 5.48 Å². The second-order valence-corrected chi connectivity index (χ2v) is 5.68. The minimum absolute atomic E-state index is 0.0122. The first-order valence-electron chi connectivity index (χ1n) is 7.50. The van der Waals surface area contributed by atoms with Crippen LogP contribution in [-0.2, 0) is 11.4 Å².